The van der Waals surface area contributed by atoms with E-state index >= 15 is 0 Å². The Hall–Kier alpha value is -1.22. The normalized spacial score (nSPS) is 13.8. The van der Waals surface area contributed by atoms with Crippen molar-refractivity contribution in [3.05, 3.63) is 63.6 Å². The minimum atomic E-state index is 0.105. The molecular weight excluding hydrogens is 305 g/mol. The first-order valence-corrected chi connectivity index (χ1v) is 7.62. The number of hydrogen-bond donors (Lipinski definition) is 1. The molecule has 0 spiro atoms. The van der Waals surface area contributed by atoms with Crippen molar-refractivity contribution in [1.82, 2.24) is 5.32 Å². The van der Waals surface area contributed by atoms with Crippen LogP contribution < -0.4 is 10.1 Å². The zero-order valence-corrected chi connectivity index (χ0v) is 13.9. The fraction of sp³-hybridized carbons (Fsp3) is 0.294. The predicted octanol–water partition coefficient (Wildman–Crippen LogP) is 5.41. The van der Waals surface area contributed by atoms with Gasteiger partial charge in [-0.2, -0.15) is 0 Å². The van der Waals surface area contributed by atoms with Crippen LogP contribution in [-0.4, -0.2) is 7.11 Å². The summed E-state index contributed by atoms with van der Waals surface area (Å²) < 4.78 is 5.18. The second kappa shape index (κ2) is 7.17. The largest absolute Gasteiger partial charge is 0.497 e. The number of halogens is 2. The Balaban J connectivity index is 2.10. The smallest absolute Gasteiger partial charge is 0.118 e. The highest BCUT2D eigenvalue weighted by Crippen LogP contribution is 2.28. The van der Waals surface area contributed by atoms with Gasteiger partial charge in [0, 0.05) is 22.1 Å². The molecular formula is C17H19Cl2NO. The molecule has 21 heavy (non-hydrogen) atoms. The first-order chi connectivity index (χ1) is 10.0. The Morgan fingerprint density at radius 3 is 2.24 bits per heavy atom. The molecule has 0 aliphatic heterocycles. The summed E-state index contributed by atoms with van der Waals surface area (Å²) in [6.45, 7) is 4.20. The van der Waals surface area contributed by atoms with Crippen molar-refractivity contribution in [1.29, 1.82) is 0 Å². The van der Waals surface area contributed by atoms with Gasteiger partial charge in [0.25, 0.3) is 0 Å². The van der Waals surface area contributed by atoms with Gasteiger partial charge in [-0.25, -0.2) is 0 Å². The summed E-state index contributed by atoms with van der Waals surface area (Å²) in [5.74, 6) is 0.858. The molecule has 0 bridgehead atoms. The molecule has 0 fully saturated rings. The fourth-order valence-electron chi connectivity index (χ4n) is 2.30. The molecule has 0 aliphatic carbocycles. The maximum Gasteiger partial charge on any atom is 0.118 e. The molecule has 112 valence electrons. The third-order valence-electron chi connectivity index (χ3n) is 3.54. The molecule has 0 amide bonds. The summed E-state index contributed by atoms with van der Waals surface area (Å²) in [7, 11) is 1.67. The Kier molecular flexibility index (Phi) is 5.51. The Bertz CT molecular complexity index is 598. The molecule has 1 N–H and O–H groups in total. The van der Waals surface area contributed by atoms with Crippen molar-refractivity contribution >= 4 is 23.2 Å². The number of nitrogens with one attached hydrogen (secondary N) is 1. The van der Waals surface area contributed by atoms with E-state index in [1.807, 2.05) is 24.3 Å². The topological polar surface area (TPSA) is 21.3 Å². The monoisotopic (exact) mass is 323 g/mol. The van der Waals surface area contributed by atoms with Crippen molar-refractivity contribution < 1.29 is 4.74 Å². The molecule has 0 heterocycles. The van der Waals surface area contributed by atoms with E-state index in [0.717, 1.165) is 16.3 Å². The van der Waals surface area contributed by atoms with E-state index in [1.165, 1.54) is 5.56 Å². The Morgan fingerprint density at radius 2 is 1.62 bits per heavy atom. The molecule has 0 radical (unpaired) electrons. The standard InChI is InChI=1S/C17H19Cl2NO/c1-11(13-4-7-15(21-3)8-5-13)20-12(2)16-10-14(18)6-9-17(16)19/h4-12,20H,1-3H3. The van der Waals surface area contributed by atoms with Crippen LogP contribution in [0.2, 0.25) is 10.0 Å². The van der Waals surface area contributed by atoms with Crippen LogP contribution in [0.4, 0.5) is 0 Å². The van der Waals surface area contributed by atoms with Crippen molar-refractivity contribution in [3.8, 4) is 5.75 Å². The zero-order valence-electron chi connectivity index (χ0n) is 12.4. The van der Waals surface area contributed by atoms with E-state index in [-0.39, 0.29) is 12.1 Å². The van der Waals surface area contributed by atoms with E-state index in [1.54, 1.807) is 13.2 Å². The lowest BCUT2D eigenvalue weighted by molar-refractivity contribution is 0.414. The van der Waals surface area contributed by atoms with Crippen molar-refractivity contribution in [3.63, 3.8) is 0 Å². The molecule has 4 heteroatoms. The number of rotatable bonds is 5. The zero-order chi connectivity index (χ0) is 15.4. The van der Waals surface area contributed by atoms with Crippen LogP contribution in [-0.2, 0) is 0 Å². The summed E-state index contributed by atoms with van der Waals surface area (Å²) in [5, 5.41) is 4.95. The highest BCUT2D eigenvalue weighted by atomic mass is 35.5. The van der Waals surface area contributed by atoms with Gasteiger partial charge < -0.3 is 10.1 Å². The average molecular weight is 324 g/mol. The van der Waals surface area contributed by atoms with E-state index in [0.29, 0.717) is 5.02 Å². The number of methoxy groups -OCH3 is 1. The third kappa shape index (κ3) is 4.13. The molecule has 2 atom stereocenters. The number of ether oxygens (including phenoxy) is 1. The van der Waals surface area contributed by atoms with Crippen molar-refractivity contribution in [2.24, 2.45) is 0 Å². The van der Waals surface area contributed by atoms with Gasteiger partial charge >= 0.3 is 0 Å². The molecule has 0 saturated heterocycles. The van der Waals surface area contributed by atoms with Crippen LogP contribution in [0.25, 0.3) is 0 Å². The average Bonchev–Trinajstić information content (AvgIpc) is 2.49. The summed E-state index contributed by atoms with van der Waals surface area (Å²) in [5.41, 5.74) is 2.20. The van der Waals surface area contributed by atoms with Gasteiger partial charge in [-0.1, -0.05) is 35.3 Å². The molecule has 0 aliphatic rings. The van der Waals surface area contributed by atoms with Crippen LogP contribution in [0.5, 0.6) is 5.75 Å². The number of hydrogen-bond acceptors (Lipinski definition) is 2. The van der Waals surface area contributed by atoms with Crippen LogP contribution in [0, 0.1) is 0 Å². The maximum atomic E-state index is 6.24. The van der Waals surface area contributed by atoms with Gasteiger partial charge in [0.1, 0.15) is 5.75 Å². The molecule has 2 aromatic rings. The molecule has 0 aromatic heterocycles. The molecule has 2 rings (SSSR count). The van der Waals surface area contributed by atoms with Crippen LogP contribution >= 0.6 is 23.2 Å². The lowest BCUT2D eigenvalue weighted by Gasteiger charge is -2.22. The van der Waals surface area contributed by atoms with Crippen molar-refractivity contribution in [2.45, 2.75) is 25.9 Å². The second-order valence-corrected chi connectivity index (χ2v) is 5.89. The predicted molar refractivity (Wildman–Crippen MR) is 89.4 cm³/mol. The van der Waals surface area contributed by atoms with Crippen LogP contribution in [0.3, 0.4) is 0 Å². The minimum Gasteiger partial charge on any atom is -0.497 e. The summed E-state index contributed by atoms with van der Waals surface area (Å²) in [4.78, 5) is 0. The van der Waals surface area contributed by atoms with Crippen LogP contribution in [0.1, 0.15) is 37.1 Å². The van der Waals surface area contributed by atoms with Crippen molar-refractivity contribution in [2.75, 3.05) is 7.11 Å². The first-order valence-electron chi connectivity index (χ1n) is 6.86. The highest BCUT2D eigenvalue weighted by molar-refractivity contribution is 6.33. The highest BCUT2D eigenvalue weighted by Gasteiger charge is 2.14. The molecule has 2 unspecified atom stereocenters. The van der Waals surface area contributed by atoms with Gasteiger partial charge in [-0.3, -0.25) is 0 Å². The molecule has 2 nitrogen and oxygen atoms in total. The van der Waals surface area contributed by atoms with Gasteiger partial charge in [0.05, 0.1) is 7.11 Å². The van der Waals surface area contributed by atoms with E-state index in [2.05, 4.69) is 31.3 Å². The quantitative estimate of drug-likeness (QED) is 0.793. The minimum absolute atomic E-state index is 0.105. The van der Waals surface area contributed by atoms with E-state index in [9.17, 15) is 0 Å². The maximum absolute atomic E-state index is 6.24. The van der Waals surface area contributed by atoms with Gasteiger partial charge in [0.15, 0.2) is 0 Å². The summed E-state index contributed by atoms with van der Waals surface area (Å²) in [6.07, 6.45) is 0. The van der Waals surface area contributed by atoms with Gasteiger partial charge in [-0.05, 0) is 55.3 Å². The first kappa shape index (κ1) is 16.2. The van der Waals surface area contributed by atoms with Gasteiger partial charge in [-0.15, -0.1) is 0 Å². The van der Waals surface area contributed by atoms with Gasteiger partial charge in [0.2, 0.25) is 0 Å². The summed E-state index contributed by atoms with van der Waals surface area (Å²) >= 11 is 12.3. The second-order valence-electron chi connectivity index (χ2n) is 5.05. The molecule has 2 aromatic carbocycles. The lowest BCUT2D eigenvalue weighted by Crippen LogP contribution is -2.22. The third-order valence-corrected chi connectivity index (χ3v) is 4.12. The van der Waals surface area contributed by atoms with E-state index in [4.69, 9.17) is 27.9 Å². The van der Waals surface area contributed by atoms with Crippen LogP contribution in [0.15, 0.2) is 42.5 Å². The SMILES string of the molecule is COc1ccc(C(C)NC(C)c2cc(Cl)ccc2Cl)cc1. The summed E-state index contributed by atoms with van der Waals surface area (Å²) in [6, 6.07) is 13.9. The Morgan fingerprint density at radius 1 is 0.952 bits per heavy atom. The number of benzene rings is 2. The molecule has 0 saturated carbocycles. The Labute approximate surface area is 136 Å². The fourth-order valence-corrected chi connectivity index (χ4v) is 2.76. The lowest BCUT2D eigenvalue weighted by atomic mass is 10.0. The van der Waals surface area contributed by atoms with E-state index < -0.39 is 0 Å².